The Labute approximate surface area is 358 Å². The molecule has 0 fully saturated rings. The van der Waals surface area contributed by atoms with E-state index in [1.807, 2.05) is 59.2 Å². The second-order valence-electron chi connectivity index (χ2n) is 14.0. The minimum absolute atomic E-state index is 0. The summed E-state index contributed by atoms with van der Waals surface area (Å²) < 4.78 is 1.95. The van der Waals surface area contributed by atoms with Crippen molar-refractivity contribution < 1.29 is 59.1 Å². The van der Waals surface area contributed by atoms with Gasteiger partial charge in [0, 0.05) is 33.4 Å². The summed E-state index contributed by atoms with van der Waals surface area (Å²) in [5.41, 5.74) is 9.34. The fourth-order valence-corrected chi connectivity index (χ4v) is 7.51. The molecule has 0 saturated carbocycles. The molecule has 9 rings (SSSR count). The van der Waals surface area contributed by atoms with Crippen LogP contribution in [0.1, 0.15) is 64.2 Å². The van der Waals surface area contributed by atoms with Crippen LogP contribution in [-0.4, -0.2) is 63.8 Å². The van der Waals surface area contributed by atoms with Gasteiger partial charge < -0.3 is 30.0 Å². The van der Waals surface area contributed by atoms with Crippen LogP contribution in [-0.2, 0) is 19.5 Å². The van der Waals surface area contributed by atoms with Crippen molar-refractivity contribution in [3.8, 4) is 39.1 Å². The monoisotopic (exact) mass is 854 g/mol. The third-order valence-corrected chi connectivity index (χ3v) is 10.3. The summed E-state index contributed by atoms with van der Waals surface area (Å²) in [6.07, 6.45) is 7.46. The zero-order chi connectivity index (χ0) is 41.7. The van der Waals surface area contributed by atoms with E-state index in [1.54, 1.807) is 48.5 Å². The Morgan fingerprint density at radius 3 is 1.31 bits per heavy atom. The molecule has 0 saturated heterocycles. The first-order valence-corrected chi connectivity index (χ1v) is 18.5. The van der Waals surface area contributed by atoms with Crippen molar-refractivity contribution in [2.24, 2.45) is 0 Å². The third kappa shape index (κ3) is 7.57. The number of rotatable bonds is 8. The van der Waals surface area contributed by atoms with Gasteiger partial charge in [0.1, 0.15) is 0 Å². The Bertz CT molecular complexity index is 3180. The van der Waals surface area contributed by atoms with E-state index in [0.29, 0.717) is 72.9 Å². The Morgan fingerprint density at radius 2 is 0.836 bits per heavy atom. The first kappa shape index (κ1) is 39.8. The van der Waals surface area contributed by atoms with E-state index in [-0.39, 0.29) is 41.7 Å². The summed E-state index contributed by atoms with van der Waals surface area (Å²) in [4.78, 5) is 61.9. The molecule has 0 radical (unpaired) electrons. The van der Waals surface area contributed by atoms with Crippen LogP contribution in [0.15, 0.2) is 127 Å². The Balaban J connectivity index is 0.00000514. The van der Waals surface area contributed by atoms with Gasteiger partial charge in [0.15, 0.2) is 0 Å². The maximum atomic E-state index is 12.1. The van der Waals surface area contributed by atoms with Gasteiger partial charge in [-0.05, 0) is 132 Å². The molecule has 5 N–H and O–H groups in total. The molecule has 2 aliphatic rings. The molecule has 0 unspecified atom stereocenters. The van der Waals surface area contributed by atoms with Crippen molar-refractivity contribution in [3.63, 3.8) is 0 Å². The van der Waals surface area contributed by atoms with Gasteiger partial charge in [-0.1, -0.05) is 36.4 Å². The number of aromatic carboxylic acids is 4. The second-order valence-corrected chi connectivity index (χ2v) is 14.0. The summed E-state index contributed by atoms with van der Waals surface area (Å²) in [5.74, 6) is -4.45. The van der Waals surface area contributed by atoms with Gasteiger partial charge in [0.2, 0.25) is 0 Å². The van der Waals surface area contributed by atoms with Crippen molar-refractivity contribution >= 4 is 70.2 Å². The van der Waals surface area contributed by atoms with Gasteiger partial charge in [-0.15, -0.1) is 0 Å². The molecule has 4 aromatic carbocycles. The number of aromatic nitrogens is 4. The summed E-state index contributed by atoms with van der Waals surface area (Å²) in [7, 11) is 0. The molecule has 61 heavy (non-hydrogen) atoms. The number of carbonyl (C=O) groups is 4. The molecule has 12 nitrogen and oxygen atoms in total. The largest absolute Gasteiger partial charge is 2.00 e. The standard InChI is InChI=1S/C48H30N4O8.Zn/c53-45(54)29-7-1-26(2-8-29)41-39-22-19-36(51-39)24-35-16-15-33(49-35)23-34-17-18-37(50-34)25-40-42(27-3-9-30(10-4-27)46(55)56)43(28-5-11-31(12-6-28)47(57)58)44(41)52(40)38-20-13-32(14-21-38)48(59)60;/h1-25,49H,(H,53,54)(H,55,56)(H,57,58)(H,59,60);/q;+2. The van der Waals surface area contributed by atoms with Gasteiger partial charge in [0.05, 0.1) is 56.1 Å². The zero-order valence-electron chi connectivity index (χ0n) is 31.9. The van der Waals surface area contributed by atoms with E-state index in [2.05, 4.69) is 4.98 Å². The zero-order valence-corrected chi connectivity index (χ0v) is 34.9. The number of aromatic amines is 1. The fraction of sp³-hybridized carbons (Fsp3) is 0. The number of nitrogens with one attached hydrogen (secondary N) is 1. The van der Waals surface area contributed by atoms with Crippen LogP contribution < -0.4 is 0 Å². The maximum absolute atomic E-state index is 12.1. The summed E-state index contributed by atoms with van der Waals surface area (Å²) in [6.45, 7) is 0. The van der Waals surface area contributed by atoms with E-state index in [9.17, 15) is 39.6 Å². The van der Waals surface area contributed by atoms with E-state index >= 15 is 0 Å². The Kier molecular flexibility index (Phi) is 10.4. The molecule has 0 amide bonds. The van der Waals surface area contributed by atoms with Crippen molar-refractivity contribution in [1.82, 2.24) is 19.5 Å². The first-order chi connectivity index (χ1) is 29.0. The van der Waals surface area contributed by atoms with Crippen LogP contribution in [0.25, 0.3) is 85.4 Å². The SMILES string of the molecule is O=C(O)c1ccc(-c2c(-c3ccc(C(=O)O)cc3)c3c(-c4ccc(C(=O)O)cc4)c4nc(cc5ccc(cc6nc(cc2n3-c2ccc(C(=O)O)cc2)C=C6)[nH]5)C=C4)cc1.[Zn+2]. The molecule has 13 heteroatoms. The van der Waals surface area contributed by atoms with Gasteiger partial charge >= 0.3 is 43.4 Å². The number of benzene rings is 4. The van der Waals surface area contributed by atoms with Gasteiger partial charge in [-0.25, -0.2) is 29.1 Å². The quantitative estimate of drug-likeness (QED) is 0.0918. The molecular formula is C48H30N4O8Zn+2. The van der Waals surface area contributed by atoms with Crippen LogP contribution in [0.4, 0.5) is 0 Å². The molecule has 0 spiro atoms. The van der Waals surface area contributed by atoms with Crippen LogP contribution in [0.5, 0.6) is 0 Å². The minimum atomic E-state index is -1.12. The molecule has 2 aliphatic heterocycles. The first-order valence-electron chi connectivity index (χ1n) is 18.5. The minimum Gasteiger partial charge on any atom is -0.478 e. The number of nitrogens with zero attached hydrogens (tertiary/aromatic N) is 3. The van der Waals surface area contributed by atoms with Crippen molar-refractivity contribution in [1.29, 1.82) is 0 Å². The molecular weight excluding hydrogens is 826 g/mol. The fourth-order valence-electron chi connectivity index (χ4n) is 7.51. The molecule has 0 atom stereocenters. The summed E-state index contributed by atoms with van der Waals surface area (Å²) >= 11 is 0. The topological polar surface area (TPSA) is 196 Å². The molecule has 5 heterocycles. The van der Waals surface area contributed by atoms with E-state index in [0.717, 1.165) is 11.0 Å². The van der Waals surface area contributed by atoms with Crippen LogP contribution in [0.3, 0.4) is 0 Å². The Morgan fingerprint density at radius 1 is 0.443 bits per heavy atom. The normalized spacial score (nSPS) is 11.5. The van der Waals surface area contributed by atoms with E-state index < -0.39 is 23.9 Å². The molecule has 8 bridgehead atoms. The second kappa shape index (κ2) is 16.0. The molecule has 7 aromatic rings. The Hall–Kier alpha value is -8.02. The number of carboxylic acids is 4. The molecule has 290 valence electrons. The molecule has 3 aromatic heterocycles. The average Bonchev–Trinajstić information content (AvgIpc) is 4.06. The maximum Gasteiger partial charge on any atom is 2.00 e. The van der Waals surface area contributed by atoms with E-state index in [1.165, 1.54) is 48.5 Å². The van der Waals surface area contributed by atoms with Crippen LogP contribution >= 0.6 is 0 Å². The predicted octanol–water partition coefficient (Wildman–Crippen LogP) is 9.91. The van der Waals surface area contributed by atoms with Crippen LogP contribution in [0.2, 0.25) is 0 Å². The number of hydrogen-bond acceptors (Lipinski definition) is 6. The average molecular weight is 856 g/mol. The van der Waals surface area contributed by atoms with Gasteiger partial charge in [-0.3, -0.25) is 0 Å². The number of fused-ring (bicyclic) bond motifs is 8. The van der Waals surface area contributed by atoms with Crippen LogP contribution in [0, 0.1) is 0 Å². The smallest absolute Gasteiger partial charge is 0.478 e. The van der Waals surface area contributed by atoms with E-state index in [4.69, 9.17) is 9.97 Å². The number of H-pyrrole nitrogens is 1. The van der Waals surface area contributed by atoms with Gasteiger partial charge in [-0.2, -0.15) is 0 Å². The number of hydrogen-bond donors (Lipinski definition) is 5. The summed E-state index contributed by atoms with van der Waals surface area (Å²) in [5, 5.41) is 39.6. The third-order valence-electron chi connectivity index (χ3n) is 10.3. The summed E-state index contributed by atoms with van der Waals surface area (Å²) in [6, 6.07) is 35.1. The molecule has 0 aliphatic carbocycles. The van der Waals surface area contributed by atoms with Crippen molar-refractivity contribution in [3.05, 3.63) is 172 Å². The van der Waals surface area contributed by atoms with Crippen molar-refractivity contribution in [2.75, 3.05) is 0 Å². The predicted molar refractivity (Wildman–Crippen MR) is 228 cm³/mol. The van der Waals surface area contributed by atoms with Gasteiger partial charge in [0.25, 0.3) is 0 Å². The number of carboxylic acid groups (broad SMARTS) is 4. The van der Waals surface area contributed by atoms with Crippen molar-refractivity contribution in [2.45, 2.75) is 0 Å².